The third-order valence-corrected chi connectivity index (χ3v) is 5.59. The number of hydrogen-bond acceptors (Lipinski definition) is 3. The normalized spacial score (nSPS) is 11.1. The molecule has 4 nitrogen and oxygen atoms in total. The van der Waals surface area contributed by atoms with Gasteiger partial charge in [0.15, 0.2) is 0 Å². The highest BCUT2D eigenvalue weighted by Crippen LogP contribution is 2.34. The number of anilines is 3. The number of nitrogens with zero attached hydrogens (tertiary/aromatic N) is 2. The minimum Gasteiger partial charge on any atom is -0.478 e. The zero-order valence-corrected chi connectivity index (χ0v) is 18.4. The van der Waals surface area contributed by atoms with Crippen LogP contribution < -0.4 is 4.90 Å². The minimum atomic E-state index is -0.959. The van der Waals surface area contributed by atoms with E-state index in [9.17, 15) is 9.90 Å². The van der Waals surface area contributed by atoms with Gasteiger partial charge in [-0.05, 0) is 60.2 Å². The number of aromatic carboxylic acids is 1. The first-order chi connectivity index (χ1) is 16.7. The Bertz CT molecular complexity index is 1420. The Morgan fingerprint density at radius 2 is 1.24 bits per heavy atom. The van der Waals surface area contributed by atoms with Crippen LogP contribution in [0.1, 0.15) is 21.6 Å². The highest BCUT2D eigenvalue weighted by Gasteiger charge is 2.12. The van der Waals surface area contributed by atoms with E-state index in [1.807, 2.05) is 78.9 Å². The van der Waals surface area contributed by atoms with Gasteiger partial charge in [0.1, 0.15) is 0 Å². The fourth-order valence-electron chi connectivity index (χ4n) is 3.98. The van der Waals surface area contributed by atoms with Gasteiger partial charge in [-0.15, -0.1) is 0 Å². The van der Waals surface area contributed by atoms with E-state index in [1.54, 1.807) is 12.1 Å². The Balaban J connectivity index is 1.46. The number of benzene rings is 4. The number of carbonyl (C=O) groups is 1. The summed E-state index contributed by atoms with van der Waals surface area (Å²) in [6.45, 7) is 0. The average Bonchev–Trinajstić information content (AvgIpc) is 2.89. The molecule has 1 aromatic heterocycles. The molecule has 4 aromatic carbocycles. The van der Waals surface area contributed by atoms with Crippen molar-refractivity contribution < 1.29 is 9.90 Å². The van der Waals surface area contributed by atoms with E-state index in [-0.39, 0.29) is 5.56 Å². The van der Waals surface area contributed by atoms with Gasteiger partial charge in [-0.3, -0.25) is 0 Å². The maximum absolute atomic E-state index is 11.7. The lowest BCUT2D eigenvalue weighted by Crippen LogP contribution is -2.09. The summed E-state index contributed by atoms with van der Waals surface area (Å²) in [5.41, 5.74) is 5.73. The van der Waals surface area contributed by atoms with E-state index >= 15 is 0 Å². The SMILES string of the molecule is O=C(O)c1cc(C=Cc2ccc(N(c3ccccc3)c3ccccc3)cc2)nc2ccccc12. The number of carboxylic acid groups (broad SMARTS) is 1. The van der Waals surface area contributed by atoms with Crippen LogP contribution in [0, 0.1) is 0 Å². The Labute approximate surface area is 198 Å². The number of rotatable bonds is 6. The van der Waals surface area contributed by atoms with Crippen LogP contribution in [0.2, 0.25) is 0 Å². The molecule has 1 heterocycles. The molecular formula is C30H22N2O2. The van der Waals surface area contributed by atoms with Gasteiger partial charge in [0, 0.05) is 22.4 Å². The molecule has 0 unspecified atom stereocenters. The van der Waals surface area contributed by atoms with Crippen LogP contribution in [0.15, 0.2) is 115 Å². The summed E-state index contributed by atoms with van der Waals surface area (Å²) in [6, 6.07) is 37.7. The quantitative estimate of drug-likeness (QED) is 0.295. The number of hydrogen-bond donors (Lipinski definition) is 1. The molecule has 0 atom stereocenters. The summed E-state index contributed by atoms with van der Waals surface area (Å²) in [4.78, 5) is 18.5. The summed E-state index contributed by atoms with van der Waals surface area (Å²) in [6.07, 6.45) is 3.79. The second-order valence-corrected chi connectivity index (χ2v) is 7.85. The van der Waals surface area contributed by atoms with E-state index < -0.39 is 5.97 Å². The largest absolute Gasteiger partial charge is 0.478 e. The van der Waals surface area contributed by atoms with E-state index in [1.165, 1.54) is 0 Å². The molecule has 164 valence electrons. The van der Waals surface area contributed by atoms with Crippen molar-refractivity contribution in [3.05, 3.63) is 132 Å². The fraction of sp³-hybridized carbons (Fsp3) is 0. The van der Waals surface area contributed by atoms with Gasteiger partial charge in [-0.2, -0.15) is 0 Å². The van der Waals surface area contributed by atoms with Gasteiger partial charge < -0.3 is 10.0 Å². The van der Waals surface area contributed by atoms with E-state index in [2.05, 4.69) is 46.3 Å². The van der Waals surface area contributed by atoms with E-state index in [0.29, 0.717) is 16.6 Å². The summed E-state index contributed by atoms with van der Waals surface area (Å²) in [7, 11) is 0. The molecular weight excluding hydrogens is 420 g/mol. The van der Waals surface area contributed by atoms with Crippen molar-refractivity contribution in [2.24, 2.45) is 0 Å². The lowest BCUT2D eigenvalue weighted by atomic mass is 10.1. The van der Waals surface area contributed by atoms with Crippen LogP contribution >= 0.6 is 0 Å². The molecule has 5 rings (SSSR count). The van der Waals surface area contributed by atoms with Crippen molar-refractivity contribution in [3.63, 3.8) is 0 Å². The van der Waals surface area contributed by atoms with Gasteiger partial charge in [-0.25, -0.2) is 9.78 Å². The van der Waals surface area contributed by atoms with Crippen molar-refractivity contribution in [1.82, 2.24) is 4.98 Å². The van der Waals surface area contributed by atoms with Gasteiger partial charge in [0.25, 0.3) is 0 Å². The summed E-state index contributed by atoms with van der Waals surface area (Å²) in [5, 5.41) is 10.2. The van der Waals surface area contributed by atoms with Crippen molar-refractivity contribution in [2.45, 2.75) is 0 Å². The first-order valence-electron chi connectivity index (χ1n) is 11.0. The second kappa shape index (κ2) is 9.43. The third kappa shape index (κ3) is 4.43. The lowest BCUT2D eigenvalue weighted by Gasteiger charge is -2.25. The number of pyridine rings is 1. The highest BCUT2D eigenvalue weighted by molar-refractivity contribution is 6.03. The first-order valence-corrected chi connectivity index (χ1v) is 11.0. The number of aromatic nitrogens is 1. The minimum absolute atomic E-state index is 0.252. The van der Waals surface area contributed by atoms with Crippen LogP contribution in [0.3, 0.4) is 0 Å². The zero-order valence-electron chi connectivity index (χ0n) is 18.4. The second-order valence-electron chi connectivity index (χ2n) is 7.85. The van der Waals surface area contributed by atoms with Crippen LogP contribution in [0.4, 0.5) is 17.1 Å². The number of fused-ring (bicyclic) bond motifs is 1. The molecule has 0 radical (unpaired) electrons. The molecule has 0 aliphatic rings. The topological polar surface area (TPSA) is 53.4 Å². The van der Waals surface area contributed by atoms with Crippen LogP contribution in [-0.2, 0) is 0 Å². The van der Waals surface area contributed by atoms with Crippen molar-refractivity contribution in [3.8, 4) is 0 Å². The van der Waals surface area contributed by atoms with Crippen molar-refractivity contribution >= 4 is 46.1 Å². The van der Waals surface area contributed by atoms with Crippen LogP contribution in [-0.4, -0.2) is 16.1 Å². The maximum Gasteiger partial charge on any atom is 0.336 e. The summed E-state index contributed by atoms with van der Waals surface area (Å²) in [5.74, 6) is -0.959. The number of carboxylic acids is 1. The predicted octanol–water partition coefficient (Wildman–Crippen LogP) is 7.57. The Kier molecular flexibility index (Phi) is 5.87. The Morgan fingerprint density at radius 3 is 1.85 bits per heavy atom. The molecule has 0 aliphatic heterocycles. The molecule has 5 aromatic rings. The molecule has 0 saturated heterocycles. The molecule has 0 aliphatic carbocycles. The molecule has 0 bridgehead atoms. The highest BCUT2D eigenvalue weighted by atomic mass is 16.4. The van der Waals surface area contributed by atoms with E-state index in [0.717, 1.165) is 22.6 Å². The van der Waals surface area contributed by atoms with Crippen LogP contribution in [0.5, 0.6) is 0 Å². The maximum atomic E-state index is 11.7. The smallest absolute Gasteiger partial charge is 0.336 e. The summed E-state index contributed by atoms with van der Waals surface area (Å²) < 4.78 is 0. The van der Waals surface area contributed by atoms with Gasteiger partial charge in [0.2, 0.25) is 0 Å². The molecule has 34 heavy (non-hydrogen) atoms. The lowest BCUT2D eigenvalue weighted by molar-refractivity contribution is 0.0699. The molecule has 0 fully saturated rings. The Hall–Kier alpha value is -4.70. The average molecular weight is 443 g/mol. The van der Waals surface area contributed by atoms with Crippen molar-refractivity contribution in [2.75, 3.05) is 4.90 Å². The van der Waals surface area contributed by atoms with Gasteiger partial charge >= 0.3 is 5.97 Å². The predicted molar refractivity (Wildman–Crippen MR) is 139 cm³/mol. The number of para-hydroxylation sites is 3. The third-order valence-electron chi connectivity index (χ3n) is 5.59. The van der Waals surface area contributed by atoms with Gasteiger partial charge in [-0.1, -0.05) is 72.8 Å². The molecule has 4 heteroatoms. The molecule has 0 amide bonds. The monoisotopic (exact) mass is 442 g/mol. The first kappa shape index (κ1) is 21.2. The van der Waals surface area contributed by atoms with E-state index in [4.69, 9.17) is 0 Å². The Morgan fingerprint density at radius 1 is 0.676 bits per heavy atom. The van der Waals surface area contributed by atoms with Gasteiger partial charge in [0.05, 0.1) is 16.8 Å². The molecule has 0 spiro atoms. The summed E-state index contributed by atoms with van der Waals surface area (Å²) >= 11 is 0. The van der Waals surface area contributed by atoms with Crippen molar-refractivity contribution in [1.29, 1.82) is 0 Å². The van der Waals surface area contributed by atoms with Crippen LogP contribution in [0.25, 0.3) is 23.1 Å². The molecule has 1 N–H and O–H groups in total. The zero-order chi connectivity index (χ0) is 23.3. The standard InChI is InChI=1S/C30H22N2O2/c33-30(34)28-21-23(31-29-14-8-7-13-27(28)29)18-15-22-16-19-26(20-17-22)32(24-9-3-1-4-10-24)25-11-5-2-6-12-25/h1-21H,(H,33,34). The fourth-order valence-corrected chi connectivity index (χ4v) is 3.98. The molecule has 0 saturated carbocycles.